The molecule has 2 aromatic rings. The SMILES string of the molecule is CCC(C)c1ccc(P(=O)(c2ccccc2)C2(C)CO2)cc1. The molecule has 1 heterocycles. The summed E-state index contributed by atoms with van der Waals surface area (Å²) in [6.07, 6.45) is 1.11. The third-order valence-corrected chi connectivity index (χ3v) is 8.43. The number of rotatable bonds is 5. The van der Waals surface area contributed by atoms with Gasteiger partial charge in [-0.3, -0.25) is 0 Å². The maximum Gasteiger partial charge on any atom is 0.175 e. The van der Waals surface area contributed by atoms with Gasteiger partial charge in [-0.05, 0) is 24.8 Å². The topological polar surface area (TPSA) is 29.6 Å². The second kappa shape index (κ2) is 5.68. The van der Waals surface area contributed by atoms with Gasteiger partial charge in [0, 0.05) is 10.6 Å². The van der Waals surface area contributed by atoms with Gasteiger partial charge in [-0.25, -0.2) is 0 Å². The zero-order chi connectivity index (χ0) is 15.8. The van der Waals surface area contributed by atoms with Crippen molar-refractivity contribution in [2.45, 2.75) is 38.5 Å². The molecule has 2 nitrogen and oxygen atoms in total. The molecule has 3 atom stereocenters. The first kappa shape index (κ1) is 15.5. The summed E-state index contributed by atoms with van der Waals surface area (Å²) in [5.41, 5.74) is 1.30. The van der Waals surface area contributed by atoms with Gasteiger partial charge in [-0.1, -0.05) is 68.4 Å². The molecule has 1 aliphatic rings. The van der Waals surface area contributed by atoms with Crippen LogP contribution in [0.5, 0.6) is 0 Å². The van der Waals surface area contributed by atoms with Crippen LogP contribution in [0.2, 0.25) is 0 Å². The molecular formula is C19H23O2P. The summed E-state index contributed by atoms with van der Waals surface area (Å²) in [7, 11) is -2.78. The third kappa shape index (κ3) is 2.45. The first-order valence-electron chi connectivity index (χ1n) is 7.91. The van der Waals surface area contributed by atoms with Gasteiger partial charge in [0.1, 0.15) is 5.34 Å². The van der Waals surface area contributed by atoms with Gasteiger partial charge in [0.05, 0.1) is 6.61 Å². The van der Waals surface area contributed by atoms with Gasteiger partial charge in [-0.15, -0.1) is 0 Å². The molecule has 22 heavy (non-hydrogen) atoms. The molecule has 0 bridgehead atoms. The molecule has 0 N–H and O–H groups in total. The fourth-order valence-corrected chi connectivity index (χ4v) is 5.85. The van der Waals surface area contributed by atoms with Crippen molar-refractivity contribution in [1.29, 1.82) is 0 Å². The van der Waals surface area contributed by atoms with Crippen LogP contribution in [0.3, 0.4) is 0 Å². The minimum atomic E-state index is -2.78. The second-order valence-electron chi connectivity index (χ2n) is 6.31. The maximum absolute atomic E-state index is 13.9. The summed E-state index contributed by atoms with van der Waals surface area (Å²) in [6, 6.07) is 18.0. The predicted octanol–water partition coefficient (Wildman–Crippen LogP) is 4.26. The van der Waals surface area contributed by atoms with E-state index in [0.717, 1.165) is 17.0 Å². The average Bonchev–Trinajstić information content (AvgIpc) is 3.33. The van der Waals surface area contributed by atoms with Crippen LogP contribution in [-0.2, 0) is 9.30 Å². The van der Waals surface area contributed by atoms with E-state index in [1.807, 2.05) is 49.4 Å². The van der Waals surface area contributed by atoms with Crippen LogP contribution in [0.25, 0.3) is 0 Å². The highest BCUT2D eigenvalue weighted by molar-refractivity contribution is 7.80. The first-order valence-corrected chi connectivity index (χ1v) is 9.62. The van der Waals surface area contributed by atoms with Crippen LogP contribution in [0.15, 0.2) is 54.6 Å². The Hall–Kier alpha value is -1.37. The summed E-state index contributed by atoms with van der Waals surface area (Å²) in [5, 5.41) is 1.23. The van der Waals surface area contributed by atoms with E-state index in [-0.39, 0.29) is 0 Å². The molecule has 1 aliphatic heterocycles. The summed E-state index contributed by atoms with van der Waals surface area (Å²) >= 11 is 0. The van der Waals surface area contributed by atoms with Gasteiger partial charge in [0.15, 0.2) is 7.14 Å². The van der Waals surface area contributed by atoms with E-state index < -0.39 is 12.5 Å². The van der Waals surface area contributed by atoms with Crippen molar-refractivity contribution >= 4 is 17.8 Å². The summed E-state index contributed by atoms with van der Waals surface area (Å²) in [5.74, 6) is 0.526. The summed E-state index contributed by atoms with van der Waals surface area (Å²) < 4.78 is 19.5. The van der Waals surface area contributed by atoms with Crippen LogP contribution in [0, 0.1) is 0 Å². The largest absolute Gasteiger partial charge is 0.361 e. The Morgan fingerprint density at radius 1 is 1.09 bits per heavy atom. The molecule has 0 spiro atoms. The van der Waals surface area contributed by atoms with E-state index in [1.54, 1.807) is 0 Å². The van der Waals surface area contributed by atoms with E-state index >= 15 is 0 Å². The molecular weight excluding hydrogens is 291 g/mol. The van der Waals surface area contributed by atoms with Gasteiger partial charge < -0.3 is 9.30 Å². The van der Waals surface area contributed by atoms with E-state index in [4.69, 9.17) is 4.74 Å². The van der Waals surface area contributed by atoms with E-state index in [0.29, 0.717) is 12.5 Å². The van der Waals surface area contributed by atoms with Gasteiger partial charge in [-0.2, -0.15) is 0 Å². The normalized spacial score (nSPS) is 24.5. The number of ether oxygens (including phenoxy) is 1. The molecule has 3 unspecified atom stereocenters. The van der Waals surface area contributed by atoms with Gasteiger partial charge >= 0.3 is 0 Å². The number of benzene rings is 2. The molecule has 0 aliphatic carbocycles. The molecule has 1 saturated heterocycles. The van der Waals surface area contributed by atoms with Crippen LogP contribution >= 0.6 is 7.14 Å². The van der Waals surface area contributed by atoms with Gasteiger partial charge in [0.25, 0.3) is 0 Å². The molecule has 0 saturated carbocycles. The van der Waals surface area contributed by atoms with Crippen molar-refractivity contribution in [2.75, 3.05) is 6.61 Å². The fourth-order valence-electron chi connectivity index (χ4n) is 2.87. The number of hydrogen-bond acceptors (Lipinski definition) is 2. The third-order valence-electron chi connectivity index (χ3n) is 4.79. The Bertz CT molecular complexity index is 687. The zero-order valence-corrected chi connectivity index (χ0v) is 14.3. The fraction of sp³-hybridized carbons (Fsp3) is 0.368. The lowest BCUT2D eigenvalue weighted by Crippen LogP contribution is -2.26. The molecule has 3 heteroatoms. The minimum absolute atomic E-state index is 0.526. The molecule has 2 aromatic carbocycles. The second-order valence-corrected chi connectivity index (χ2v) is 9.51. The van der Waals surface area contributed by atoms with Crippen LogP contribution < -0.4 is 10.6 Å². The van der Waals surface area contributed by atoms with Crippen LogP contribution in [0.4, 0.5) is 0 Å². The lowest BCUT2D eigenvalue weighted by molar-refractivity contribution is 0.387. The molecule has 3 rings (SSSR count). The van der Waals surface area contributed by atoms with Crippen molar-refractivity contribution < 1.29 is 9.30 Å². The standard InChI is InChI=1S/C19H23O2P/c1-4-15(2)16-10-12-18(13-11-16)22(20,19(3)14-21-19)17-8-6-5-7-9-17/h5-13,15H,4,14H2,1-3H3. The van der Waals surface area contributed by atoms with Gasteiger partial charge in [0.2, 0.25) is 0 Å². The zero-order valence-electron chi connectivity index (χ0n) is 13.5. The highest BCUT2D eigenvalue weighted by atomic mass is 31.2. The van der Waals surface area contributed by atoms with Crippen molar-refractivity contribution in [1.82, 2.24) is 0 Å². The van der Waals surface area contributed by atoms with E-state index in [2.05, 4.69) is 26.0 Å². The molecule has 0 amide bonds. The smallest absolute Gasteiger partial charge is 0.175 e. The molecule has 116 valence electrons. The number of hydrogen-bond donors (Lipinski definition) is 0. The average molecular weight is 314 g/mol. The van der Waals surface area contributed by atoms with Crippen molar-refractivity contribution in [2.24, 2.45) is 0 Å². The summed E-state index contributed by atoms with van der Waals surface area (Å²) in [6.45, 7) is 6.93. The molecule has 1 fully saturated rings. The van der Waals surface area contributed by atoms with Crippen LogP contribution in [-0.4, -0.2) is 11.9 Å². The lowest BCUT2D eigenvalue weighted by atomic mass is 9.99. The first-order chi connectivity index (χ1) is 10.5. The Kier molecular flexibility index (Phi) is 4.01. The number of epoxide rings is 1. The highest BCUT2D eigenvalue weighted by Gasteiger charge is 2.57. The van der Waals surface area contributed by atoms with Crippen molar-refractivity contribution in [3.8, 4) is 0 Å². The Morgan fingerprint density at radius 3 is 2.14 bits per heavy atom. The Labute approximate surface area is 132 Å². The predicted molar refractivity (Wildman–Crippen MR) is 92.8 cm³/mol. The quantitative estimate of drug-likeness (QED) is 0.609. The summed E-state index contributed by atoms with van der Waals surface area (Å²) in [4.78, 5) is 0. The molecule has 0 radical (unpaired) electrons. The van der Waals surface area contributed by atoms with Crippen molar-refractivity contribution in [3.63, 3.8) is 0 Å². The van der Waals surface area contributed by atoms with Crippen LogP contribution in [0.1, 0.15) is 38.7 Å². The lowest BCUT2D eigenvalue weighted by Gasteiger charge is -2.23. The molecule has 0 aromatic heterocycles. The van der Waals surface area contributed by atoms with Crippen molar-refractivity contribution in [3.05, 3.63) is 60.2 Å². The Balaban J connectivity index is 2.07. The van der Waals surface area contributed by atoms with E-state index in [1.165, 1.54) is 5.56 Å². The van der Waals surface area contributed by atoms with E-state index in [9.17, 15) is 4.57 Å². The monoisotopic (exact) mass is 314 g/mol. The minimum Gasteiger partial charge on any atom is -0.361 e. The maximum atomic E-state index is 13.9. The highest BCUT2D eigenvalue weighted by Crippen LogP contribution is 2.62. The Morgan fingerprint density at radius 2 is 1.64 bits per heavy atom.